The van der Waals surface area contributed by atoms with Gasteiger partial charge >= 0.3 is 6.03 Å². The van der Waals surface area contributed by atoms with Gasteiger partial charge in [0.25, 0.3) is 0 Å². The monoisotopic (exact) mass is 341 g/mol. The number of morpholine rings is 1. The second-order valence-electron chi connectivity index (χ2n) is 6.59. The first kappa shape index (κ1) is 19.0. The Morgan fingerprint density at radius 2 is 1.92 bits per heavy atom. The van der Waals surface area contributed by atoms with Gasteiger partial charge in [0.15, 0.2) is 0 Å². The van der Waals surface area contributed by atoms with Crippen LogP contribution in [-0.4, -0.2) is 81.4 Å². The first-order valence-electron chi connectivity index (χ1n) is 9.03. The highest BCUT2D eigenvalue weighted by atomic mass is 16.5. The minimum atomic E-state index is 0.0865. The Labute approximate surface area is 144 Å². The Hall–Kier alpha value is -1.34. The van der Waals surface area contributed by atoms with Crippen LogP contribution in [0.2, 0.25) is 0 Å². The standard InChI is InChI=1S/C17H31N3O4/c1-3-14-13-20(17(22)19-7-10-24-11-8-19)6-4-15(14)12-16(21)18-5-9-23-2/h14-15H,3-13H2,1-2H3,(H,18,21)/t14-,15-/m0/s1. The molecule has 24 heavy (non-hydrogen) atoms. The fraction of sp³-hybridized carbons (Fsp3) is 0.882. The lowest BCUT2D eigenvalue weighted by Gasteiger charge is -2.41. The third kappa shape index (κ3) is 5.34. The van der Waals surface area contributed by atoms with Crippen molar-refractivity contribution in [3.05, 3.63) is 0 Å². The topological polar surface area (TPSA) is 71.1 Å². The van der Waals surface area contributed by atoms with Crippen molar-refractivity contribution < 1.29 is 19.1 Å². The molecular formula is C17H31N3O4. The fourth-order valence-electron chi connectivity index (χ4n) is 3.54. The summed E-state index contributed by atoms with van der Waals surface area (Å²) in [5, 5.41) is 2.89. The van der Waals surface area contributed by atoms with E-state index in [1.54, 1.807) is 7.11 Å². The van der Waals surface area contributed by atoms with E-state index in [0.29, 0.717) is 57.7 Å². The molecule has 0 aromatic carbocycles. The van der Waals surface area contributed by atoms with Crippen LogP contribution in [0.5, 0.6) is 0 Å². The second kappa shape index (κ2) is 9.84. The van der Waals surface area contributed by atoms with E-state index in [2.05, 4.69) is 12.2 Å². The van der Waals surface area contributed by atoms with Gasteiger partial charge in [0.05, 0.1) is 19.8 Å². The molecule has 0 aromatic heterocycles. The summed E-state index contributed by atoms with van der Waals surface area (Å²) >= 11 is 0. The molecule has 0 saturated carbocycles. The average molecular weight is 341 g/mol. The van der Waals surface area contributed by atoms with Gasteiger partial charge < -0.3 is 24.6 Å². The number of ether oxygens (including phenoxy) is 2. The summed E-state index contributed by atoms with van der Waals surface area (Å²) in [5.74, 6) is 0.826. The summed E-state index contributed by atoms with van der Waals surface area (Å²) in [6.07, 6.45) is 2.43. The molecule has 2 aliphatic heterocycles. The average Bonchev–Trinajstić information content (AvgIpc) is 2.62. The Balaban J connectivity index is 1.81. The zero-order valence-electron chi connectivity index (χ0n) is 15.0. The summed E-state index contributed by atoms with van der Waals surface area (Å²) in [4.78, 5) is 28.5. The fourth-order valence-corrected chi connectivity index (χ4v) is 3.54. The summed E-state index contributed by atoms with van der Waals surface area (Å²) in [6, 6.07) is 0.125. The van der Waals surface area contributed by atoms with E-state index in [1.807, 2.05) is 9.80 Å². The molecule has 1 N–H and O–H groups in total. The number of rotatable bonds is 6. The van der Waals surface area contributed by atoms with Crippen LogP contribution in [0.15, 0.2) is 0 Å². The summed E-state index contributed by atoms with van der Waals surface area (Å²) in [6.45, 7) is 7.33. The van der Waals surface area contributed by atoms with Gasteiger partial charge in [0.1, 0.15) is 0 Å². The van der Waals surface area contributed by atoms with Crippen molar-refractivity contribution in [2.75, 3.05) is 59.7 Å². The molecule has 0 radical (unpaired) electrons. The molecule has 2 saturated heterocycles. The van der Waals surface area contributed by atoms with Crippen LogP contribution in [0.1, 0.15) is 26.2 Å². The molecule has 138 valence electrons. The minimum absolute atomic E-state index is 0.0865. The Kier molecular flexibility index (Phi) is 7.78. The van der Waals surface area contributed by atoms with E-state index in [0.717, 1.165) is 25.9 Å². The Morgan fingerprint density at radius 3 is 2.58 bits per heavy atom. The smallest absolute Gasteiger partial charge is 0.320 e. The molecule has 2 atom stereocenters. The number of nitrogens with zero attached hydrogens (tertiary/aromatic N) is 2. The van der Waals surface area contributed by atoms with E-state index in [4.69, 9.17) is 9.47 Å². The number of urea groups is 1. The van der Waals surface area contributed by atoms with Gasteiger partial charge in [-0.15, -0.1) is 0 Å². The third-order valence-corrected chi connectivity index (χ3v) is 5.04. The van der Waals surface area contributed by atoms with Crippen LogP contribution in [0.4, 0.5) is 4.79 Å². The van der Waals surface area contributed by atoms with E-state index in [9.17, 15) is 9.59 Å². The maximum absolute atomic E-state index is 12.6. The quantitative estimate of drug-likeness (QED) is 0.730. The van der Waals surface area contributed by atoms with Crippen LogP contribution >= 0.6 is 0 Å². The molecule has 0 spiro atoms. The van der Waals surface area contributed by atoms with Crippen molar-refractivity contribution in [2.24, 2.45) is 11.8 Å². The number of methoxy groups -OCH3 is 1. The molecule has 0 aromatic rings. The summed E-state index contributed by atoms with van der Waals surface area (Å²) < 4.78 is 10.3. The number of amides is 3. The number of piperidine rings is 1. The van der Waals surface area contributed by atoms with E-state index < -0.39 is 0 Å². The van der Waals surface area contributed by atoms with Gasteiger partial charge in [-0.2, -0.15) is 0 Å². The lowest BCUT2D eigenvalue weighted by molar-refractivity contribution is -0.123. The van der Waals surface area contributed by atoms with E-state index >= 15 is 0 Å². The molecule has 3 amide bonds. The van der Waals surface area contributed by atoms with E-state index in [-0.39, 0.29) is 11.9 Å². The lowest BCUT2D eigenvalue weighted by atomic mass is 9.81. The van der Waals surface area contributed by atoms with Gasteiger partial charge in [0.2, 0.25) is 5.91 Å². The minimum Gasteiger partial charge on any atom is -0.383 e. The largest absolute Gasteiger partial charge is 0.383 e. The third-order valence-electron chi connectivity index (χ3n) is 5.04. The van der Waals surface area contributed by atoms with Crippen LogP contribution in [0, 0.1) is 11.8 Å². The predicted molar refractivity (Wildman–Crippen MR) is 90.8 cm³/mol. The van der Waals surface area contributed by atoms with Crippen molar-refractivity contribution in [3.63, 3.8) is 0 Å². The van der Waals surface area contributed by atoms with Gasteiger partial charge in [-0.1, -0.05) is 13.3 Å². The number of carbonyl (C=O) groups is 2. The van der Waals surface area contributed by atoms with Crippen LogP contribution in [0.3, 0.4) is 0 Å². The number of carbonyl (C=O) groups excluding carboxylic acids is 2. The van der Waals surface area contributed by atoms with E-state index in [1.165, 1.54) is 0 Å². The molecule has 2 fully saturated rings. The first-order valence-corrected chi connectivity index (χ1v) is 9.03. The maximum Gasteiger partial charge on any atom is 0.320 e. The first-order chi connectivity index (χ1) is 11.7. The normalized spacial score (nSPS) is 24.8. The highest BCUT2D eigenvalue weighted by Gasteiger charge is 2.33. The van der Waals surface area contributed by atoms with Crippen LogP contribution < -0.4 is 5.32 Å². The van der Waals surface area contributed by atoms with Gasteiger partial charge in [0, 0.05) is 46.3 Å². The molecule has 7 nitrogen and oxygen atoms in total. The Bertz CT molecular complexity index is 413. The summed E-state index contributed by atoms with van der Waals surface area (Å²) in [5.41, 5.74) is 0. The molecule has 0 aliphatic carbocycles. The molecule has 2 heterocycles. The molecule has 2 rings (SSSR count). The number of nitrogens with one attached hydrogen (secondary N) is 1. The summed E-state index contributed by atoms with van der Waals surface area (Å²) in [7, 11) is 1.63. The zero-order chi connectivity index (χ0) is 17.4. The van der Waals surface area contributed by atoms with Crippen molar-refractivity contribution in [2.45, 2.75) is 26.2 Å². The van der Waals surface area contributed by atoms with Crippen molar-refractivity contribution >= 4 is 11.9 Å². The maximum atomic E-state index is 12.6. The van der Waals surface area contributed by atoms with Crippen LogP contribution in [-0.2, 0) is 14.3 Å². The number of hydrogen-bond donors (Lipinski definition) is 1. The Morgan fingerprint density at radius 1 is 1.17 bits per heavy atom. The highest BCUT2D eigenvalue weighted by molar-refractivity contribution is 5.76. The van der Waals surface area contributed by atoms with Crippen molar-refractivity contribution in [1.29, 1.82) is 0 Å². The SMILES string of the molecule is CC[C@H]1CN(C(=O)N2CCOCC2)CC[C@H]1CC(=O)NCCOC. The van der Waals surface area contributed by atoms with Crippen LogP contribution in [0.25, 0.3) is 0 Å². The van der Waals surface area contributed by atoms with Gasteiger partial charge in [-0.05, 0) is 18.3 Å². The number of hydrogen-bond acceptors (Lipinski definition) is 4. The van der Waals surface area contributed by atoms with Crippen molar-refractivity contribution in [3.8, 4) is 0 Å². The van der Waals surface area contributed by atoms with Gasteiger partial charge in [-0.25, -0.2) is 4.79 Å². The molecule has 0 unspecified atom stereocenters. The van der Waals surface area contributed by atoms with Crippen molar-refractivity contribution in [1.82, 2.24) is 15.1 Å². The zero-order valence-corrected chi connectivity index (χ0v) is 15.0. The molecular weight excluding hydrogens is 310 g/mol. The lowest BCUT2D eigenvalue weighted by Crippen LogP contribution is -2.52. The molecule has 2 aliphatic rings. The molecule has 7 heteroatoms. The number of likely N-dealkylation sites (tertiary alicyclic amines) is 1. The predicted octanol–water partition coefficient (Wildman–Crippen LogP) is 0.939. The molecule has 0 bridgehead atoms. The van der Waals surface area contributed by atoms with Gasteiger partial charge in [-0.3, -0.25) is 4.79 Å². The highest BCUT2D eigenvalue weighted by Crippen LogP contribution is 2.29. The second-order valence-corrected chi connectivity index (χ2v) is 6.59.